The standard InChI is InChI=1S/C26H29NO6/c1-15-9-11-19(31-2)18(13-15)24(28)22-23(16-10-12-20(32-3)21(14-16)33-4)27(26(30)25(22)29)17-7-5-6-8-17/h9-14,17,23,28H,5-8H2,1-4H3/b24-22+. The number of aliphatic hydroxyl groups is 1. The highest BCUT2D eigenvalue weighted by molar-refractivity contribution is 6.46. The first-order chi connectivity index (χ1) is 15.9. The highest BCUT2D eigenvalue weighted by atomic mass is 16.5. The van der Waals surface area contributed by atoms with Crippen molar-refractivity contribution in [1.29, 1.82) is 0 Å². The van der Waals surface area contributed by atoms with E-state index in [9.17, 15) is 14.7 Å². The Morgan fingerprint density at radius 3 is 2.18 bits per heavy atom. The minimum absolute atomic E-state index is 0.0584. The number of benzene rings is 2. The molecule has 1 aliphatic carbocycles. The van der Waals surface area contributed by atoms with Crippen LogP contribution in [0.25, 0.3) is 5.76 Å². The first-order valence-corrected chi connectivity index (χ1v) is 11.1. The van der Waals surface area contributed by atoms with E-state index in [1.54, 1.807) is 42.3 Å². The summed E-state index contributed by atoms with van der Waals surface area (Å²) in [5.41, 5.74) is 2.01. The molecule has 2 aromatic rings. The average Bonchev–Trinajstić information content (AvgIpc) is 3.44. The van der Waals surface area contributed by atoms with Gasteiger partial charge in [0.15, 0.2) is 11.5 Å². The van der Waals surface area contributed by atoms with E-state index in [1.165, 1.54) is 14.2 Å². The number of hydrogen-bond donors (Lipinski definition) is 1. The van der Waals surface area contributed by atoms with Crippen molar-refractivity contribution in [2.24, 2.45) is 0 Å². The van der Waals surface area contributed by atoms with Gasteiger partial charge in [-0.3, -0.25) is 9.59 Å². The topological polar surface area (TPSA) is 85.3 Å². The molecule has 1 amide bonds. The van der Waals surface area contributed by atoms with Crippen molar-refractivity contribution in [3.05, 3.63) is 58.7 Å². The van der Waals surface area contributed by atoms with Gasteiger partial charge in [0.2, 0.25) is 0 Å². The lowest BCUT2D eigenvalue weighted by molar-refractivity contribution is -0.141. The van der Waals surface area contributed by atoms with Crippen molar-refractivity contribution < 1.29 is 28.9 Å². The van der Waals surface area contributed by atoms with Crippen molar-refractivity contribution in [2.75, 3.05) is 21.3 Å². The Morgan fingerprint density at radius 1 is 0.909 bits per heavy atom. The number of ether oxygens (including phenoxy) is 3. The highest BCUT2D eigenvalue weighted by Gasteiger charge is 2.49. The molecule has 4 rings (SSSR count). The van der Waals surface area contributed by atoms with E-state index in [0.29, 0.717) is 28.4 Å². The number of nitrogens with zero attached hydrogens (tertiary/aromatic N) is 1. The van der Waals surface area contributed by atoms with Gasteiger partial charge >= 0.3 is 0 Å². The Bertz CT molecular complexity index is 1120. The number of hydrogen-bond acceptors (Lipinski definition) is 6. The summed E-state index contributed by atoms with van der Waals surface area (Å²) in [5.74, 6) is -0.0671. The van der Waals surface area contributed by atoms with Gasteiger partial charge in [-0.15, -0.1) is 0 Å². The SMILES string of the molecule is COc1ccc(C2/C(=C(\O)c3cc(C)ccc3OC)C(=O)C(=O)N2C2CCCC2)cc1OC. The summed E-state index contributed by atoms with van der Waals surface area (Å²) in [4.78, 5) is 28.2. The largest absolute Gasteiger partial charge is 0.507 e. The van der Waals surface area contributed by atoms with Crippen LogP contribution in [-0.4, -0.2) is 49.1 Å². The lowest BCUT2D eigenvalue weighted by Crippen LogP contribution is -2.37. The summed E-state index contributed by atoms with van der Waals surface area (Å²) < 4.78 is 16.3. The zero-order valence-corrected chi connectivity index (χ0v) is 19.4. The summed E-state index contributed by atoms with van der Waals surface area (Å²) in [5, 5.41) is 11.4. The summed E-state index contributed by atoms with van der Waals surface area (Å²) >= 11 is 0. The van der Waals surface area contributed by atoms with Crippen LogP contribution in [0.1, 0.15) is 48.4 Å². The van der Waals surface area contributed by atoms with Gasteiger partial charge in [0.1, 0.15) is 11.5 Å². The Balaban J connectivity index is 1.95. The van der Waals surface area contributed by atoms with E-state index in [-0.39, 0.29) is 17.4 Å². The molecule has 1 unspecified atom stereocenters. The summed E-state index contributed by atoms with van der Waals surface area (Å²) in [6.45, 7) is 1.89. The number of carbonyl (C=O) groups is 2. The molecule has 2 aromatic carbocycles. The highest BCUT2D eigenvalue weighted by Crippen LogP contribution is 2.46. The van der Waals surface area contributed by atoms with E-state index in [1.807, 2.05) is 13.0 Å². The Labute approximate surface area is 193 Å². The molecule has 2 aliphatic rings. The molecule has 33 heavy (non-hydrogen) atoms. The quantitative estimate of drug-likeness (QED) is 0.398. The van der Waals surface area contributed by atoms with E-state index in [4.69, 9.17) is 14.2 Å². The second kappa shape index (κ2) is 9.17. The fourth-order valence-corrected chi connectivity index (χ4v) is 4.91. The van der Waals surface area contributed by atoms with Gasteiger partial charge in [-0.2, -0.15) is 0 Å². The second-order valence-electron chi connectivity index (χ2n) is 8.46. The number of amides is 1. The Morgan fingerprint density at radius 2 is 1.55 bits per heavy atom. The van der Waals surface area contributed by atoms with Crippen LogP contribution in [0.2, 0.25) is 0 Å². The molecule has 1 atom stereocenters. The van der Waals surface area contributed by atoms with E-state index >= 15 is 0 Å². The van der Waals surface area contributed by atoms with Gasteiger partial charge in [0, 0.05) is 6.04 Å². The van der Waals surface area contributed by atoms with Gasteiger partial charge in [0.05, 0.1) is 38.5 Å². The third kappa shape index (κ3) is 3.92. The van der Waals surface area contributed by atoms with E-state index in [0.717, 1.165) is 31.2 Å². The van der Waals surface area contributed by atoms with Gasteiger partial charge in [-0.1, -0.05) is 30.5 Å². The van der Waals surface area contributed by atoms with Crippen molar-refractivity contribution in [2.45, 2.75) is 44.7 Å². The van der Waals surface area contributed by atoms with Crippen molar-refractivity contribution >= 4 is 17.4 Å². The number of carbonyl (C=O) groups excluding carboxylic acids is 2. The lowest BCUT2D eigenvalue weighted by atomic mass is 9.93. The molecular weight excluding hydrogens is 422 g/mol. The predicted molar refractivity (Wildman–Crippen MR) is 124 cm³/mol. The maximum atomic E-state index is 13.3. The van der Waals surface area contributed by atoms with Crippen LogP contribution in [0.5, 0.6) is 17.2 Å². The monoisotopic (exact) mass is 451 g/mol. The Kier molecular flexibility index (Phi) is 6.31. The number of aliphatic hydroxyl groups excluding tert-OH is 1. The maximum Gasteiger partial charge on any atom is 0.295 e. The normalized spacial score (nSPS) is 20.4. The number of ketones is 1. The molecule has 7 nitrogen and oxygen atoms in total. The predicted octanol–water partition coefficient (Wildman–Crippen LogP) is 4.39. The third-order valence-corrected chi connectivity index (χ3v) is 6.53. The van der Waals surface area contributed by atoms with Crippen molar-refractivity contribution in [3.8, 4) is 17.2 Å². The van der Waals surface area contributed by atoms with Gasteiger partial charge in [-0.05, 0) is 49.6 Å². The van der Waals surface area contributed by atoms with Crippen LogP contribution in [0, 0.1) is 6.92 Å². The fourth-order valence-electron chi connectivity index (χ4n) is 4.91. The van der Waals surface area contributed by atoms with Crippen LogP contribution in [0.3, 0.4) is 0 Å². The molecule has 1 saturated heterocycles. The maximum absolute atomic E-state index is 13.3. The van der Waals surface area contributed by atoms with E-state index in [2.05, 4.69) is 0 Å². The number of Topliss-reactive ketones (excluding diaryl/α,β-unsaturated/α-hetero) is 1. The van der Waals surface area contributed by atoms with Crippen LogP contribution in [-0.2, 0) is 9.59 Å². The molecule has 1 saturated carbocycles. The molecule has 0 bridgehead atoms. The van der Waals surface area contributed by atoms with Crippen LogP contribution >= 0.6 is 0 Å². The van der Waals surface area contributed by atoms with Crippen molar-refractivity contribution in [3.63, 3.8) is 0 Å². The molecule has 0 spiro atoms. The smallest absolute Gasteiger partial charge is 0.295 e. The molecule has 174 valence electrons. The average molecular weight is 452 g/mol. The number of rotatable bonds is 6. The lowest BCUT2D eigenvalue weighted by Gasteiger charge is -2.31. The molecule has 7 heteroatoms. The molecule has 1 heterocycles. The molecule has 0 aromatic heterocycles. The van der Waals surface area contributed by atoms with Gasteiger partial charge < -0.3 is 24.2 Å². The second-order valence-corrected chi connectivity index (χ2v) is 8.46. The van der Waals surface area contributed by atoms with E-state index < -0.39 is 17.7 Å². The minimum Gasteiger partial charge on any atom is -0.507 e. The zero-order chi connectivity index (χ0) is 23.7. The van der Waals surface area contributed by atoms with Crippen LogP contribution in [0.15, 0.2) is 42.0 Å². The number of aryl methyl sites for hydroxylation is 1. The Hall–Kier alpha value is -3.48. The number of methoxy groups -OCH3 is 3. The van der Waals surface area contributed by atoms with Gasteiger partial charge in [0.25, 0.3) is 11.7 Å². The zero-order valence-electron chi connectivity index (χ0n) is 19.4. The molecule has 1 N–H and O–H groups in total. The fraction of sp³-hybridized carbons (Fsp3) is 0.385. The van der Waals surface area contributed by atoms with Crippen LogP contribution in [0.4, 0.5) is 0 Å². The molecule has 0 radical (unpaired) electrons. The first kappa shape index (κ1) is 22.7. The molecular formula is C26H29NO6. The molecule has 1 aliphatic heterocycles. The van der Waals surface area contributed by atoms with Crippen LogP contribution < -0.4 is 14.2 Å². The number of likely N-dealkylation sites (tertiary alicyclic amines) is 1. The molecule has 2 fully saturated rings. The van der Waals surface area contributed by atoms with Gasteiger partial charge in [-0.25, -0.2) is 0 Å². The minimum atomic E-state index is -0.738. The first-order valence-electron chi connectivity index (χ1n) is 11.1. The third-order valence-electron chi connectivity index (χ3n) is 6.53. The summed E-state index contributed by atoms with van der Waals surface area (Å²) in [7, 11) is 4.59. The summed E-state index contributed by atoms with van der Waals surface area (Å²) in [6, 6.07) is 9.86. The van der Waals surface area contributed by atoms with Crippen molar-refractivity contribution in [1.82, 2.24) is 4.90 Å². The summed E-state index contributed by atoms with van der Waals surface area (Å²) in [6.07, 6.45) is 3.64.